The van der Waals surface area contributed by atoms with Crippen LogP contribution in [-0.4, -0.2) is 5.38 Å². The van der Waals surface area contributed by atoms with E-state index in [1.54, 1.807) is 0 Å². The number of aryl methyl sites for hydroxylation is 1. The third kappa shape index (κ3) is 5.59. The van der Waals surface area contributed by atoms with Crippen molar-refractivity contribution in [2.24, 2.45) is 11.8 Å². The summed E-state index contributed by atoms with van der Waals surface area (Å²) >= 11 is 6.29. The zero-order valence-electron chi connectivity index (χ0n) is 11.5. The average Bonchev–Trinajstić information content (AvgIpc) is 2.25. The summed E-state index contributed by atoms with van der Waals surface area (Å²) in [4.78, 5) is 0. The molecule has 1 aromatic carbocycles. The average molecular weight is 253 g/mol. The Bertz CT molecular complexity index is 328. The van der Waals surface area contributed by atoms with Crippen LogP contribution in [0.4, 0.5) is 0 Å². The van der Waals surface area contributed by atoms with Gasteiger partial charge in [-0.15, -0.1) is 11.6 Å². The lowest BCUT2D eigenvalue weighted by Crippen LogP contribution is -2.08. The highest BCUT2D eigenvalue weighted by Gasteiger charge is 2.09. The highest BCUT2D eigenvalue weighted by Crippen LogP contribution is 2.18. The predicted octanol–water partition coefficient (Wildman–Crippen LogP) is 5.08. The second-order valence-electron chi connectivity index (χ2n) is 5.72. The summed E-state index contributed by atoms with van der Waals surface area (Å²) in [6.07, 6.45) is 3.34. The molecule has 17 heavy (non-hydrogen) atoms. The largest absolute Gasteiger partial charge is 0.123 e. The Balaban J connectivity index is 2.54. The highest BCUT2D eigenvalue weighted by atomic mass is 35.5. The number of alkyl halides is 1. The zero-order valence-corrected chi connectivity index (χ0v) is 12.3. The smallest absolute Gasteiger partial charge is 0.0362 e. The van der Waals surface area contributed by atoms with E-state index in [4.69, 9.17) is 11.6 Å². The van der Waals surface area contributed by atoms with Gasteiger partial charge < -0.3 is 0 Å². The minimum absolute atomic E-state index is 0.295. The molecule has 0 amide bonds. The molecule has 0 nitrogen and oxygen atoms in total. The first-order chi connectivity index (χ1) is 7.99. The molecule has 0 spiro atoms. The minimum Gasteiger partial charge on any atom is -0.123 e. The van der Waals surface area contributed by atoms with Gasteiger partial charge in [-0.2, -0.15) is 0 Å². The van der Waals surface area contributed by atoms with Crippen LogP contribution in [0, 0.1) is 11.8 Å². The molecule has 1 aromatic rings. The maximum Gasteiger partial charge on any atom is 0.0362 e. The molecule has 0 aliphatic carbocycles. The van der Waals surface area contributed by atoms with Crippen molar-refractivity contribution in [3.05, 3.63) is 35.4 Å². The molecule has 0 aliphatic heterocycles. The predicted molar refractivity (Wildman–Crippen MR) is 77.8 cm³/mol. The molecule has 1 rings (SSSR count). The van der Waals surface area contributed by atoms with Crippen molar-refractivity contribution < 1.29 is 0 Å². The summed E-state index contributed by atoms with van der Waals surface area (Å²) in [5.41, 5.74) is 2.88. The van der Waals surface area contributed by atoms with E-state index in [-0.39, 0.29) is 0 Å². The quantitative estimate of drug-likeness (QED) is 0.620. The van der Waals surface area contributed by atoms with Gasteiger partial charge in [-0.1, -0.05) is 52.0 Å². The zero-order chi connectivity index (χ0) is 12.8. The Kier molecular flexibility index (Phi) is 6.05. The number of halogens is 1. The first-order valence-corrected chi connectivity index (χ1v) is 7.14. The third-order valence-electron chi connectivity index (χ3n) is 3.07. The Morgan fingerprint density at radius 3 is 2.29 bits per heavy atom. The second-order valence-corrected chi connectivity index (χ2v) is 6.28. The van der Waals surface area contributed by atoms with E-state index < -0.39 is 0 Å². The van der Waals surface area contributed by atoms with Crippen LogP contribution in [-0.2, 0) is 12.8 Å². The van der Waals surface area contributed by atoms with E-state index in [2.05, 4.69) is 52.0 Å². The molecule has 0 aromatic heterocycles. The van der Waals surface area contributed by atoms with Crippen molar-refractivity contribution in [3.8, 4) is 0 Å². The van der Waals surface area contributed by atoms with Crippen LogP contribution in [0.25, 0.3) is 0 Å². The van der Waals surface area contributed by atoms with Gasteiger partial charge in [-0.3, -0.25) is 0 Å². The molecule has 0 saturated carbocycles. The summed E-state index contributed by atoms with van der Waals surface area (Å²) in [5.74, 6) is 1.29. The molecule has 0 fully saturated rings. The SMILES string of the molecule is CC(C)Cc1cccc(CCC(Cl)C(C)C)c1. The fraction of sp³-hybridized carbons (Fsp3) is 0.625. The lowest BCUT2D eigenvalue weighted by molar-refractivity contribution is 0.565. The lowest BCUT2D eigenvalue weighted by atomic mass is 9.97. The van der Waals surface area contributed by atoms with Gasteiger partial charge in [0.25, 0.3) is 0 Å². The van der Waals surface area contributed by atoms with E-state index in [1.165, 1.54) is 17.5 Å². The number of hydrogen-bond donors (Lipinski definition) is 0. The highest BCUT2D eigenvalue weighted by molar-refractivity contribution is 6.20. The van der Waals surface area contributed by atoms with Crippen LogP contribution in [0.1, 0.15) is 45.2 Å². The monoisotopic (exact) mass is 252 g/mol. The van der Waals surface area contributed by atoms with Gasteiger partial charge in [-0.05, 0) is 42.2 Å². The summed E-state index contributed by atoms with van der Waals surface area (Å²) in [6, 6.07) is 8.95. The maximum absolute atomic E-state index is 6.29. The topological polar surface area (TPSA) is 0 Å². The number of benzene rings is 1. The van der Waals surface area contributed by atoms with Crippen LogP contribution in [0.3, 0.4) is 0 Å². The molecule has 0 saturated heterocycles. The van der Waals surface area contributed by atoms with Gasteiger partial charge in [0.15, 0.2) is 0 Å². The van der Waals surface area contributed by atoms with Crippen molar-refractivity contribution in [1.29, 1.82) is 0 Å². The van der Waals surface area contributed by atoms with Crippen LogP contribution in [0.15, 0.2) is 24.3 Å². The van der Waals surface area contributed by atoms with Crippen LogP contribution in [0.2, 0.25) is 0 Å². The Labute approximate surface area is 111 Å². The molecular weight excluding hydrogens is 228 g/mol. The van der Waals surface area contributed by atoms with Crippen LogP contribution < -0.4 is 0 Å². The summed E-state index contributed by atoms with van der Waals surface area (Å²) in [7, 11) is 0. The Hall–Kier alpha value is -0.490. The van der Waals surface area contributed by atoms with E-state index in [9.17, 15) is 0 Å². The molecule has 0 radical (unpaired) electrons. The molecule has 1 heteroatoms. The van der Waals surface area contributed by atoms with Crippen LogP contribution >= 0.6 is 11.6 Å². The van der Waals surface area contributed by atoms with Gasteiger partial charge in [0.2, 0.25) is 0 Å². The first-order valence-electron chi connectivity index (χ1n) is 6.71. The van der Waals surface area contributed by atoms with E-state index in [0.717, 1.165) is 18.8 Å². The van der Waals surface area contributed by atoms with Crippen molar-refractivity contribution in [1.82, 2.24) is 0 Å². The number of hydrogen-bond acceptors (Lipinski definition) is 0. The molecule has 96 valence electrons. The van der Waals surface area contributed by atoms with Gasteiger partial charge in [0, 0.05) is 5.38 Å². The second kappa shape index (κ2) is 7.06. The summed E-state index contributed by atoms with van der Waals surface area (Å²) < 4.78 is 0. The maximum atomic E-state index is 6.29. The lowest BCUT2D eigenvalue weighted by Gasteiger charge is -2.13. The summed E-state index contributed by atoms with van der Waals surface area (Å²) in [6.45, 7) is 8.90. The summed E-state index contributed by atoms with van der Waals surface area (Å²) in [5, 5.41) is 0.295. The molecule has 1 atom stereocenters. The first kappa shape index (κ1) is 14.6. The van der Waals surface area contributed by atoms with Crippen molar-refractivity contribution in [3.63, 3.8) is 0 Å². The molecule has 0 heterocycles. The molecule has 0 bridgehead atoms. The fourth-order valence-electron chi connectivity index (χ4n) is 2.02. The van der Waals surface area contributed by atoms with Gasteiger partial charge in [0.1, 0.15) is 0 Å². The molecule has 0 N–H and O–H groups in total. The minimum atomic E-state index is 0.295. The van der Waals surface area contributed by atoms with Gasteiger partial charge in [-0.25, -0.2) is 0 Å². The van der Waals surface area contributed by atoms with E-state index in [1.807, 2.05) is 0 Å². The van der Waals surface area contributed by atoms with Crippen molar-refractivity contribution in [2.45, 2.75) is 52.3 Å². The standard InChI is InChI=1S/C16H25Cl/c1-12(2)10-15-7-5-6-14(11-15)8-9-16(17)13(3)4/h5-7,11-13,16H,8-10H2,1-4H3. The van der Waals surface area contributed by atoms with Gasteiger partial charge >= 0.3 is 0 Å². The number of rotatable bonds is 6. The Morgan fingerprint density at radius 2 is 1.71 bits per heavy atom. The van der Waals surface area contributed by atoms with Gasteiger partial charge in [0.05, 0.1) is 0 Å². The fourth-order valence-corrected chi connectivity index (χ4v) is 2.13. The van der Waals surface area contributed by atoms with E-state index >= 15 is 0 Å². The molecule has 0 aliphatic rings. The third-order valence-corrected chi connectivity index (χ3v) is 3.79. The van der Waals surface area contributed by atoms with E-state index in [0.29, 0.717) is 11.3 Å². The van der Waals surface area contributed by atoms with Crippen molar-refractivity contribution >= 4 is 11.6 Å². The normalized spacial score (nSPS) is 13.4. The molecule has 1 unspecified atom stereocenters. The molecular formula is C16H25Cl. The van der Waals surface area contributed by atoms with Crippen LogP contribution in [0.5, 0.6) is 0 Å². The Morgan fingerprint density at radius 1 is 1.06 bits per heavy atom. The van der Waals surface area contributed by atoms with Crippen molar-refractivity contribution in [2.75, 3.05) is 0 Å².